The molecule has 0 atom stereocenters. The molecule has 0 aromatic heterocycles. The second kappa shape index (κ2) is 5.83. The van der Waals surface area contributed by atoms with Crippen molar-refractivity contribution in [1.82, 2.24) is 0 Å². The van der Waals surface area contributed by atoms with E-state index in [1.165, 1.54) is 11.0 Å². The second-order valence-electron chi connectivity index (χ2n) is 2.86. The molecule has 0 unspecified atom stereocenters. The molecule has 0 fully saturated rings. The van der Waals surface area contributed by atoms with Crippen LogP contribution in [0.15, 0.2) is 41.1 Å². The SMILES string of the molecule is CSc1cccc(C/C=C(/F)CO)c1. The quantitative estimate of drug-likeness (QED) is 0.774. The molecule has 1 nitrogen and oxygen atoms in total. The third-order valence-electron chi connectivity index (χ3n) is 1.84. The van der Waals surface area contributed by atoms with Crippen molar-refractivity contribution in [2.75, 3.05) is 12.9 Å². The van der Waals surface area contributed by atoms with Crippen molar-refractivity contribution in [1.29, 1.82) is 0 Å². The highest BCUT2D eigenvalue weighted by atomic mass is 32.2. The van der Waals surface area contributed by atoms with Gasteiger partial charge in [0.25, 0.3) is 0 Å². The van der Waals surface area contributed by atoms with Crippen molar-refractivity contribution < 1.29 is 9.50 Å². The van der Waals surface area contributed by atoms with Crippen LogP contribution in [0, 0.1) is 0 Å². The van der Waals surface area contributed by atoms with Gasteiger partial charge in [0.05, 0.1) is 6.61 Å². The van der Waals surface area contributed by atoms with Crippen LogP contribution in [0.2, 0.25) is 0 Å². The summed E-state index contributed by atoms with van der Waals surface area (Å²) in [5.74, 6) is -0.473. The van der Waals surface area contributed by atoms with Crippen LogP contribution in [0.4, 0.5) is 4.39 Å². The fourth-order valence-corrected chi connectivity index (χ4v) is 1.58. The van der Waals surface area contributed by atoms with Gasteiger partial charge in [0.1, 0.15) is 5.83 Å². The van der Waals surface area contributed by atoms with Crippen LogP contribution in [0.5, 0.6) is 0 Å². The fraction of sp³-hybridized carbons (Fsp3) is 0.273. The summed E-state index contributed by atoms with van der Waals surface area (Å²) in [6.45, 7) is -0.512. The number of thioether (sulfide) groups is 1. The van der Waals surface area contributed by atoms with Gasteiger partial charge in [-0.15, -0.1) is 11.8 Å². The minimum absolute atomic E-state index is 0.473. The summed E-state index contributed by atoms with van der Waals surface area (Å²) >= 11 is 1.66. The maximum atomic E-state index is 12.6. The van der Waals surface area contributed by atoms with Crippen molar-refractivity contribution in [3.05, 3.63) is 41.7 Å². The van der Waals surface area contributed by atoms with Crippen LogP contribution in [0.25, 0.3) is 0 Å². The molecule has 1 rings (SSSR count). The summed E-state index contributed by atoms with van der Waals surface area (Å²) in [6.07, 6.45) is 3.93. The lowest BCUT2D eigenvalue weighted by molar-refractivity contribution is 0.297. The first-order chi connectivity index (χ1) is 6.76. The van der Waals surface area contributed by atoms with E-state index in [-0.39, 0.29) is 0 Å². The minimum Gasteiger partial charge on any atom is -0.389 e. The van der Waals surface area contributed by atoms with Crippen molar-refractivity contribution in [3.8, 4) is 0 Å². The summed E-state index contributed by atoms with van der Waals surface area (Å²) in [4.78, 5) is 1.17. The van der Waals surface area contributed by atoms with Gasteiger partial charge in [0.2, 0.25) is 0 Å². The van der Waals surface area contributed by atoms with Crippen molar-refractivity contribution in [3.63, 3.8) is 0 Å². The number of hydrogen-bond donors (Lipinski definition) is 1. The summed E-state index contributed by atoms with van der Waals surface area (Å²) < 4.78 is 12.6. The predicted octanol–water partition coefficient (Wildman–Crippen LogP) is 2.80. The molecule has 0 aliphatic heterocycles. The zero-order valence-corrected chi connectivity index (χ0v) is 8.85. The molecule has 3 heteroatoms. The third kappa shape index (κ3) is 3.52. The minimum atomic E-state index is -0.512. The Morgan fingerprint density at radius 2 is 2.36 bits per heavy atom. The maximum Gasteiger partial charge on any atom is 0.122 e. The molecule has 0 spiro atoms. The molecule has 0 amide bonds. The molecule has 0 aliphatic rings. The highest BCUT2D eigenvalue weighted by Gasteiger charge is 1.95. The molecule has 76 valence electrons. The number of rotatable bonds is 4. The lowest BCUT2D eigenvalue weighted by atomic mass is 10.1. The molecule has 1 aromatic carbocycles. The maximum absolute atomic E-state index is 12.6. The van der Waals surface area contributed by atoms with E-state index in [9.17, 15) is 4.39 Å². The zero-order valence-electron chi connectivity index (χ0n) is 8.03. The van der Waals surface area contributed by atoms with Crippen molar-refractivity contribution in [2.24, 2.45) is 0 Å². The van der Waals surface area contributed by atoms with Gasteiger partial charge in [0.15, 0.2) is 0 Å². The van der Waals surface area contributed by atoms with E-state index in [2.05, 4.69) is 0 Å². The first-order valence-electron chi connectivity index (χ1n) is 4.34. The Bertz CT molecular complexity index is 323. The molecule has 0 heterocycles. The average Bonchev–Trinajstić information content (AvgIpc) is 2.26. The molecule has 0 bridgehead atoms. The Hall–Kier alpha value is -0.800. The van der Waals surface area contributed by atoms with Crippen LogP contribution in [0.3, 0.4) is 0 Å². The average molecular weight is 212 g/mol. The van der Waals surface area contributed by atoms with Crippen LogP contribution in [-0.2, 0) is 6.42 Å². The van der Waals surface area contributed by atoms with Crippen LogP contribution in [0.1, 0.15) is 5.56 Å². The van der Waals surface area contributed by atoms with Crippen LogP contribution >= 0.6 is 11.8 Å². The summed E-state index contributed by atoms with van der Waals surface area (Å²) in [5, 5.41) is 8.47. The number of aliphatic hydroxyl groups excluding tert-OH is 1. The fourth-order valence-electron chi connectivity index (χ4n) is 1.09. The largest absolute Gasteiger partial charge is 0.389 e. The number of aliphatic hydroxyl groups is 1. The first-order valence-corrected chi connectivity index (χ1v) is 5.57. The Labute approximate surface area is 87.6 Å². The van der Waals surface area contributed by atoms with Gasteiger partial charge in [-0.3, -0.25) is 0 Å². The molecule has 0 saturated heterocycles. The smallest absolute Gasteiger partial charge is 0.122 e. The van der Waals surface area contributed by atoms with E-state index in [4.69, 9.17) is 5.11 Å². The van der Waals surface area contributed by atoms with Gasteiger partial charge in [-0.1, -0.05) is 12.1 Å². The number of halogens is 1. The van der Waals surface area contributed by atoms with Gasteiger partial charge in [-0.2, -0.15) is 0 Å². The number of hydrogen-bond acceptors (Lipinski definition) is 2. The highest BCUT2D eigenvalue weighted by Crippen LogP contribution is 2.16. The summed E-state index contributed by atoms with van der Waals surface area (Å²) in [6, 6.07) is 7.93. The predicted molar refractivity (Wildman–Crippen MR) is 58.2 cm³/mol. The number of benzene rings is 1. The Morgan fingerprint density at radius 1 is 1.57 bits per heavy atom. The van der Waals surface area contributed by atoms with E-state index in [1.807, 2.05) is 30.5 Å². The molecular formula is C11H13FOS. The van der Waals surface area contributed by atoms with Gasteiger partial charge >= 0.3 is 0 Å². The molecule has 0 radical (unpaired) electrons. The standard InChI is InChI=1S/C11H13FOS/c1-14-11-4-2-3-9(7-11)5-6-10(12)8-13/h2-4,6-7,13H,5,8H2,1H3/b10-6+. The molecule has 1 aromatic rings. The molecule has 0 aliphatic carbocycles. The Morgan fingerprint density at radius 3 is 3.00 bits per heavy atom. The Balaban J connectivity index is 2.67. The van der Waals surface area contributed by atoms with E-state index in [0.717, 1.165) is 5.56 Å². The Kier molecular flexibility index (Phi) is 4.70. The van der Waals surface area contributed by atoms with E-state index in [0.29, 0.717) is 6.42 Å². The monoisotopic (exact) mass is 212 g/mol. The lowest BCUT2D eigenvalue weighted by Crippen LogP contribution is -1.86. The van der Waals surface area contributed by atoms with E-state index in [1.54, 1.807) is 11.8 Å². The van der Waals surface area contributed by atoms with E-state index >= 15 is 0 Å². The van der Waals surface area contributed by atoms with Gasteiger partial charge < -0.3 is 5.11 Å². The summed E-state index contributed by atoms with van der Waals surface area (Å²) in [5.41, 5.74) is 1.06. The summed E-state index contributed by atoms with van der Waals surface area (Å²) in [7, 11) is 0. The van der Waals surface area contributed by atoms with Crippen molar-refractivity contribution in [2.45, 2.75) is 11.3 Å². The van der Waals surface area contributed by atoms with Gasteiger partial charge in [0, 0.05) is 4.90 Å². The zero-order chi connectivity index (χ0) is 10.4. The van der Waals surface area contributed by atoms with Gasteiger partial charge in [-0.25, -0.2) is 4.39 Å². The topological polar surface area (TPSA) is 20.2 Å². The second-order valence-corrected chi connectivity index (χ2v) is 3.74. The van der Waals surface area contributed by atoms with Crippen LogP contribution in [-0.4, -0.2) is 18.0 Å². The highest BCUT2D eigenvalue weighted by molar-refractivity contribution is 7.98. The lowest BCUT2D eigenvalue weighted by Gasteiger charge is -2.00. The van der Waals surface area contributed by atoms with Crippen molar-refractivity contribution >= 4 is 11.8 Å². The third-order valence-corrected chi connectivity index (χ3v) is 2.57. The molecular weight excluding hydrogens is 199 g/mol. The normalized spacial score (nSPS) is 11.8. The molecule has 14 heavy (non-hydrogen) atoms. The number of allylic oxidation sites excluding steroid dienone is 1. The van der Waals surface area contributed by atoms with E-state index < -0.39 is 12.4 Å². The first kappa shape index (κ1) is 11.3. The van der Waals surface area contributed by atoms with Crippen LogP contribution < -0.4 is 0 Å². The molecule has 1 N–H and O–H groups in total. The molecule has 0 saturated carbocycles. The van der Waals surface area contributed by atoms with Gasteiger partial charge in [-0.05, 0) is 36.4 Å².